The third-order valence-corrected chi connectivity index (χ3v) is 3.64. The summed E-state index contributed by atoms with van der Waals surface area (Å²) in [6.07, 6.45) is 2.92. The van der Waals surface area contributed by atoms with E-state index >= 15 is 0 Å². The molecular formula is C9H10N2OS2. The molecule has 0 aliphatic rings. The second-order valence-electron chi connectivity index (χ2n) is 2.99. The number of benzene rings is 1. The van der Waals surface area contributed by atoms with Crippen molar-refractivity contribution in [1.29, 1.82) is 0 Å². The topological polar surface area (TPSA) is 38.9 Å². The summed E-state index contributed by atoms with van der Waals surface area (Å²) in [7, 11) is -0.221. The first-order valence-corrected chi connectivity index (χ1v) is 6.87. The van der Waals surface area contributed by atoms with Gasteiger partial charge in [0.05, 0.1) is 0 Å². The van der Waals surface area contributed by atoms with E-state index in [1.54, 1.807) is 0 Å². The van der Waals surface area contributed by atoms with Crippen LogP contribution in [-0.2, 0) is 27.1 Å². The summed E-state index contributed by atoms with van der Waals surface area (Å²) in [6, 6.07) is 4.08. The van der Waals surface area contributed by atoms with Gasteiger partial charge in [-0.3, -0.25) is 0 Å². The summed E-state index contributed by atoms with van der Waals surface area (Å²) in [4.78, 5) is 1.05. The molecule has 74 valence electrons. The summed E-state index contributed by atoms with van der Waals surface area (Å²) < 4.78 is 4.76. The second kappa shape index (κ2) is 3.74. The highest BCUT2D eigenvalue weighted by Crippen LogP contribution is 2.22. The number of rotatable bonds is 2. The molecular weight excluding hydrogens is 216 g/mol. The monoisotopic (exact) mass is 226 g/mol. The highest BCUT2D eigenvalue weighted by molar-refractivity contribution is 8.28. The van der Waals surface area contributed by atoms with Crippen LogP contribution in [0, 0.1) is 0 Å². The summed E-state index contributed by atoms with van der Waals surface area (Å²) in [5.41, 5.74) is 2.84. The van der Waals surface area contributed by atoms with Crippen LogP contribution in [0.2, 0.25) is 0 Å². The largest absolute Gasteiger partial charge is 0.243 e. The Bertz CT molecular complexity index is 493. The van der Waals surface area contributed by atoms with Crippen molar-refractivity contribution >= 4 is 31.7 Å². The average Bonchev–Trinajstić information content (AvgIpc) is 2.64. The Hall–Kier alpha value is -0.810. The van der Waals surface area contributed by atoms with Gasteiger partial charge in [-0.05, 0) is 45.8 Å². The molecule has 0 spiro atoms. The van der Waals surface area contributed by atoms with Crippen molar-refractivity contribution in [3.05, 3.63) is 17.7 Å². The SMILES string of the molecule is CCc1ccc(S(C)=S)c2nonc12. The zero-order valence-corrected chi connectivity index (χ0v) is 9.61. The van der Waals surface area contributed by atoms with Crippen LogP contribution >= 0.6 is 0 Å². The van der Waals surface area contributed by atoms with Gasteiger partial charge >= 0.3 is 0 Å². The molecule has 0 radical (unpaired) electrons. The lowest BCUT2D eigenvalue weighted by Gasteiger charge is -2.01. The molecule has 2 aromatic rings. The van der Waals surface area contributed by atoms with Crippen LogP contribution in [0.3, 0.4) is 0 Å². The highest BCUT2D eigenvalue weighted by atomic mass is 32.8. The van der Waals surface area contributed by atoms with Crippen LogP contribution in [-0.4, -0.2) is 16.6 Å². The van der Waals surface area contributed by atoms with Crippen LogP contribution in [0.1, 0.15) is 12.5 Å². The Kier molecular flexibility index (Phi) is 2.60. The Morgan fingerprint density at radius 1 is 1.36 bits per heavy atom. The summed E-state index contributed by atoms with van der Waals surface area (Å²) in [5.74, 6) is 0. The fourth-order valence-corrected chi connectivity index (χ4v) is 2.48. The van der Waals surface area contributed by atoms with Gasteiger partial charge < -0.3 is 0 Å². The lowest BCUT2D eigenvalue weighted by molar-refractivity contribution is 0.315. The first-order chi connectivity index (χ1) is 6.74. The predicted molar refractivity (Wildman–Crippen MR) is 60.1 cm³/mol. The third-order valence-electron chi connectivity index (χ3n) is 2.15. The summed E-state index contributed by atoms with van der Waals surface area (Å²) >= 11 is 5.24. The van der Waals surface area contributed by atoms with E-state index in [2.05, 4.69) is 23.3 Å². The maximum Gasteiger partial charge on any atom is 0.149 e. The van der Waals surface area contributed by atoms with Crippen LogP contribution < -0.4 is 0 Å². The highest BCUT2D eigenvalue weighted by Gasteiger charge is 2.10. The Morgan fingerprint density at radius 3 is 2.71 bits per heavy atom. The minimum Gasteiger partial charge on any atom is -0.243 e. The molecule has 1 aromatic carbocycles. The van der Waals surface area contributed by atoms with Crippen LogP contribution in [0.15, 0.2) is 21.7 Å². The molecule has 3 nitrogen and oxygen atoms in total. The van der Waals surface area contributed by atoms with Gasteiger partial charge in [-0.2, -0.15) is 0 Å². The fourth-order valence-electron chi connectivity index (χ4n) is 1.41. The van der Waals surface area contributed by atoms with Crippen LogP contribution in [0.4, 0.5) is 0 Å². The number of aryl methyl sites for hydroxylation is 1. The van der Waals surface area contributed by atoms with E-state index in [4.69, 9.17) is 15.8 Å². The first kappa shape index (κ1) is 9.73. The number of nitrogens with zero attached hydrogens (tertiary/aromatic N) is 2. The maximum atomic E-state index is 5.24. The van der Waals surface area contributed by atoms with Gasteiger partial charge in [0.25, 0.3) is 0 Å². The van der Waals surface area contributed by atoms with Crippen LogP contribution in [0.25, 0.3) is 11.0 Å². The van der Waals surface area contributed by atoms with E-state index in [0.717, 1.165) is 27.9 Å². The number of hydrogen-bond donors (Lipinski definition) is 0. The van der Waals surface area contributed by atoms with E-state index < -0.39 is 0 Å². The molecule has 0 aliphatic carbocycles. The normalized spacial score (nSPS) is 13.3. The lowest BCUT2D eigenvalue weighted by Crippen LogP contribution is -1.91. The van der Waals surface area contributed by atoms with Crippen LogP contribution in [0.5, 0.6) is 0 Å². The molecule has 0 aliphatic heterocycles. The van der Waals surface area contributed by atoms with E-state index in [1.165, 1.54) is 0 Å². The quantitative estimate of drug-likeness (QED) is 0.783. The molecule has 1 aromatic heterocycles. The molecule has 5 heteroatoms. The molecule has 0 saturated heterocycles. The van der Waals surface area contributed by atoms with Gasteiger partial charge in [0.2, 0.25) is 0 Å². The Morgan fingerprint density at radius 2 is 2.07 bits per heavy atom. The molecule has 1 atom stereocenters. The van der Waals surface area contributed by atoms with E-state index in [9.17, 15) is 0 Å². The van der Waals surface area contributed by atoms with E-state index in [0.29, 0.717) is 0 Å². The smallest absolute Gasteiger partial charge is 0.149 e. The molecule has 1 unspecified atom stereocenters. The minimum absolute atomic E-state index is 0.221. The third kappa shape index (κ3) is 1.46. The summed E-state index contributed by atoms with van der Waals surface area (Å²) in [6.45, 7) is 2.09. The summed E-state index contributed by atoms with van der Waals surface area (Å²) in [5, 5.41) is 7.81. The first-order valence-electron chi connectivity index (χ1n) is 4.31. The van der Waals surface area contributed by atoms with E-state index in [1.807, 2.05) is 12.3 Å². The van der Waals surface area contributed by atoms with Gasteiger partial charge in [0.1, 0.15) is 11.0 Å². The zero-order chi connectivity index (χ0) is 10.1. The van der Waals surface area contributed by atoms with Crippen molar-refractivity contribution in [2.75, 3.05) is 6.26 Å². The van der Waals surface area contributed by atoms with Crippen molar-refractivity contribution < 1.29 is 4.63 Å². The van der Waals surface area contributed by atoms with Gasteiger partial charge in [-0.1, -0.05) is 22.4 Å². The maximum absolute atomic E-state index is 5.24. The molecule has 14 heavy (non-hydrogen) atoms. The van der Waals surface area contributed by atoms with Crippen molar-refractivity contribution in [2.24, 2.45) is 0 Å². The lowest BCUT2D eigenvalue weighted by atomic mass is 10.1. The van der Waals surface area contributed by atoms with Gasteiger partial charge in [-0.15, -0.1) is 0 Å². The molecule has 0 bridgehead atoms. The Balaban J connectivity index is 2.78. The molecule has 2 rings (SSSR count). The number of hydrogen-bond acceptors (Lipinski definition) is 4. The second-order valence-corrected chi connectivity index (χ2v) is 5.84. The average molecular weight is 226 g/mol. The molecule has 0 fully saturated rings. The van der Waals surface area contributed by atoms with Crippen molar-refractivity contribution in [3.63, 3.8) is 0 Å². The van der Waals surface area contributed by atoms with Crippen molar-refractivity contribution in [3.8, 4) is 0 Å². The van der Waals surface area contributed by atoms with Crippen molar-refractivity contribution in [1.82, 2.24) is 10.3 Å². The molecule has 0 amide bonds. The minimum atomic E-state index is -0.221. The van der Waals surface area contributed by atoms with Crippen molar-refractivity contribution in [2.45, 2.75) is 18.2 Å². The molecule has 0 N–H and O–H groups in total. The fraction of sp³-hybridized carbons (Fsp3) is 0.333. The standard InChI is InChI=1S/C9H10N2OS2/c1-3-6-4-5-7(14(2)13)9-8(6)10-12-11-9/h4-5H,3H2,1-2H3. The van der Waals surface area contributed by atoms with Gasteiger partial charge in [0.15, 0.2) is 0 Å². The molecule has 1 heterocycles. The predicted octanol–water partition coefficient (Wildman–Crippen LogP) is 1.85. The number of fused-ring (bicyclic) bond motifs is 1. The molecule has 0 saturated carbocycles. The van der Waals surface area contributed by atoms with Gasteiger partial charge in [-0.25, -0.2) is 4.63 Å². The zero-order valence-electron chi connectivity index (χ0n) is 7.98. The van der Waals surface area contributed by atoms with E-state index in [-0.39, 0.29) is 9.45 Å². The van der Waals surface area contributed by atoms with Gasteiger partial charge in [0, 0.05) is 4.90 Å². The Labute approximate surface area is 89.0 Å². The number of aromatic nitrogens is 2.